The van der Waals surface area contributed by atoms with Crippen molar-refractivity contribution in [3.05, 3.63) is 0 Å². The summed E-state index contributed by atoms with van der Waals surface area (Å²) in [6, 6.07) is 0. The zero-order valence-corrected chi connectivity index (χ0v) is 9.46. The van der Waals surface area contributed by atoms with E-state index in [4.69, 9.17) is 4.74 Å². The van der Waals surface area contributed by atoms with Crippen LogP contribution in [-0.4, -0.2) is 36.4 Å². The van der Waals surface area contributed by atoms with Gasteiger partial charge in [-0.2, -0.15) is 0 Å². The van der Waals surface area contributed by atoms with E-state index < -0.39 is 5.60 Å². The molecule has 0 aliphatic carbocycles. The van der Waals surface area contributed by atoms with Gasteiger partial charge in [0.15, 0.2) is 0 Å². The smallest absolute Gasteiger partial charge is 0.411 e. The first-order valence-electron chi connectivity index (χ1n) is 5.09. The van der Waals surface area contributed by atoms with E-state index in [1.807, 2.05) is 20.8 Å². The summed E-state index contributed by atoms with van der Waals surface area (Å²) in [4.78, 5) is 13.2. The first-order valence-corrected chi connectivity index (χ1v) is 5.09. The van der Waals surface area contributed by atoms with Crippen LogP contribution in [0.1, 0.15) is 33.6 Å². The molecule has 0 aromatic carbocycles. The Hall–Kier alpha value is -0.770. The molecule has 82 valence electrons. The number of nitrogens with zero attached hydrogens (tertiary/aromatic N) is 1. The van der Waals surface area contributed by atoms with E-state index in [-0.39, 0.29) is 12.3 Å². The molecule has 0 aromatic rings. The average Bonchev–Trinajstić information content (AvgIpc) is 2.51. The number of hydrogen-bond acceptors (Lipinski definition) is 3. The Morgan fingerprint density at radius 3 is 2.57 bits per heavy atom. The molecule has 4 nitrogen and oxygen atoms in total. The second-order valence-corrected chi connectivity index (χ2v) is 4.70. The molecular weight excluding hydrogens is 180 g/mol. The minimum atomic E-state index is -0.413. The van der Waals surface area contributed by atoms with E-state index >= 15 is 0 Å². The van der Waals surface area contributed by atoms with Crippen molar-refractivity contribution in [3.63, 3.8) is 0 Å². The lowest BCUT2D eigenvalue weighted by atomic mass is 10.2. The molecular formula is C10H20N2O2. The van der Waals surface area contributed by atoms with Crippen LogP contribution < -0.4 is 5.32 Å². The van der Waals surface area contributed by atoms with Crippen LogP contribution in [0.2, 0.25) is 0 Å². The molecule has 1 fully saturated rings. The molecule has 4 heteroatoms. The molecule has 0 spiro atoms. The predicted octanol–water partition coefficient (Wildman–Crippen LogP) is 1.56. The average molecular weight is 200 g/mol. The van der Waals surface area contributed by atoms with E-state index in [0.29, 0.717) is 0 Å². The molecule has 14 heavy (non-hydrogen) atoms. The fourth-order valence-electron chi connectivity index (χ4n) is 1.46. The second kappa shape index (κ2) is 4.17. The molecule has 1 heterocycles. The van der Waals surface area contributed by atoms with Gasteiger partial charge in [-0.3, -0.25) is 10.2 Å². The highest BCUT2D eigenvalue weighted by molar-refractivity contribution is 5.68. The lowest BCUT2D eigenvalue weighted by Gasteiger charge is -2.28. The van der Waals surface area contributed by atoms with Crippen LogP contribution in [-0.2, 0) is 4.74 Å². The van der Waals surface area contributed by atoms with E-state index in [1.165, 1.54) is 0 Å². The summed E-state index contributed by atoms with van der Waals surface area (Å²) in [5.74, 6) is 0. The van der Waals surface area contributed by atoms with Crippen LogP contribution in [0.15, 0.2) is 0 Å². The van der Waals surface area contributed by atoms with Crippen molar-refractivity contribution in [2.45, 2.75) is 45.4 Å². The third kappa shape index (κ3) is 3.18. The quantitative estimate of drug-likeness (QED) is 0.698. The Balaban J connectivity index is 2.43. The van der Waals surface area contributed by atoms with Crippen molar-refractivity contribution in [1.82, 2.24) is 10.2 Å². The first-order chi connectivity index (χ1) is 6.40. The van der Waals surface area contributed by atoms with E-state index in [1.54, 1.807) is 11.9 Å². The number of nitrogens with one attached hydrogen (secondary N) is 1. The Bertz CT molecular complexity index is 205. The van der Waals surface area contributed by atoms with Gasteiger partial charge >= 0.3 is 6.09 Å². The summed E-state index contributed by atoms with van der Waals surface area (Å²) in [5, 5.41) is 3.25. The Morgan fingerprint density at radius 2 is 2.14 bits per heavy atom. The van der Waals surface area contributed by atoms with Gasteiger partial charge in [-0.25, -0.2) is 4.79 Å². The van der Waals surface area contributed by atoms with Gasteiger partial charge in [-0.1, -0.05) is 0 Å². The third-order valence-corrected chi connectivity index (χ3v) is 2.18. The van der Waals surface area contributed by atoms with Crippen molar-refractivity contribution >= 4 is 6.09 Å². The van der Waals surface area contributed by atoms with Gasteiger partial charge < -0.3 is 4.74 Å². The Labute approximate surface area is 85.6 Å². The van der Waals surface area contributed by atoms with Gasteiger partial charge in [0.05, 0.1) is 6.17 Å². The van der Waals surface area contributed by atoms with Crippen molar-refractivity contribution in [3.8, 4) is 0 Å². The maximum Gasteiger partial charge on any atom is 0.411 e. The van der Waals surface area contributed by atoms with Gasteiger partial charge in [-0.15, -0.1) is 0 Å². The molecule has 0 unspecified atom stereocenters. The van der Waals surface area contributed by atoms with Crippen LogP contribution in [0.5, 0.6) is 0 Å². The van der Waals surface area contributed by atoms with Crippen LogP contribution in [0, 0.1) is 0 Å². The Morgan fingerprint density at radius 1 is 1.50 bits per heavy atom. The normalized spacial score (nSPS) is 22.1. The highest BCUT2D eigenvalue weighted by Gasteiger charge is 2.26. The summed E-state index contributed by atoms with van der Waals surface area (Å²) < 4.78 is 5.26. The van der Waals surface area contributed by atoms with E-state index in [2.05, 4.69) is 5.32 Å². The van der Waals surface area contributed by atoms with Crippen molar-refractivity contribution in [1.29, 1.82) is 0 Å². The standard InChI is InChI=1S/C10H20N2O2/c1-10(2,3)14-9(13)12(4)8-6-5-7-11-8/h8,11H,5-7H2,1-4H3/t8-/m0/s1. The molecule has 1 aliphatic rings. The number of amides is 1. The molecule has 0 bridgehead atoms. The number of ether oxygens (including phenoxy) is 1. The van der Waals surface area contributed by atoms with Crippen LogP contribution in [0.3, 0.4) is 0 Å². The number of hydrogen-bond donors (Lipinski definition) is 1. The molecule has 1 aliphatic heterocycles. The molecule has 0 saturated carbocycles. The lowest BCUT2D eigenvalue weighted by Crippen LogP contribution is -2.45. The molecule has 1 N–H and O–H groups in total. The molecule has 1 amide bonds. The Kier molecular flexibility index (Phi) is 3.37. The van der Waals surface area contributed by atoms with Crippen molar-refractivity contribution in [2.75, 3.05) is 13.6 Å². The van der Waals surface area contributed by atoms with Gasteiger partial charge in [0.1, 0.15) is 5.60 Å². The third-order valence-electron chi connectivity index (χ3n) is 2.18. The van der Waals surface area contributed by atoms with Crippen LogP contribution in [0.25, 0.3) is 0 Å². The largest absolute Gasteiger partial charge is 0.444 e. The van der Waals surface area contributed by atoms with E-state index in [9.17, 15) is 4.79 Å². The van der Waals surface area contributed by atoms with Gasteiger partial charge in [-0.05, 0) is 40.2 Å². The van der Waals surface area contributed by atoms with Crippen molar-refractivity contribution in [2.24, 2.45) is 0 Å². The maximum absolute atomic E-state index is 11.6. The first kappa shape index (κ1) is 11.3. The topological polar surface area (TPSA) is 41.6 Å². The van der Waals surface area contributed by atoms with Gasteiger partial charge in [0, 0.05) is 7.05 Å². The zero-order chi connectivity index (χ0) is 10.8. The fraction of sp³-hybridized carbons (Fsp3) is 0.900. The number of rotatable bonds is 1. The molecule has 1 saturated heterocycles. The van der Waals surface area contributed by atoms with Crippen LogP contribution >= 0.6 is 0 Å². The summed E-state index contributed by atoms with van der Waals surface area (Å²) in [5.41, 5.74) is -0.413. The second-order valence-electron chi connectivity index (χ2n) is 4.70. The fourth-order valence-corrected chi connectivity index (χ4v) is 1.46. The van der Waals surface area contributed by atoms with Gasteiger partial charge in [0.2, 0.25) is 0 Å². The molecule has 1 rings (SSSR count). The lowest BCUT2D eigenvalue weighted by molar-refractivity contribution is 0.0209. The van der Waals surface area contributed by atoms with E-state index in [0.717, 1.165) is 19.4 Å². The highest BCUT2D eigenvalue weighted by atomic mass is 16.6. The predicted molar refractivity (Wildman–Crippen MR) is 55.0 cm³/mol. The monoisotopic (exact) mass is 200 g/mol. The SMILES string of the molecule is CN(C(=O)OC(C)(C)C)[C@H]1CCCN1. The molecule has 0 aromatic heterocycles. The number of carbonyl (C=O) groups excluding carboxylic acids is 1. The summed E-state index contributed by atoms with van der Waals surface area (Å²) >= 11 is 0. The molecule has 1 atom stereocenters. The minimum Gasteiger partial charge on any atom is -0.444 e. The zero-order valence-electron chi connectivity index (χ0n) is 9.46. The molecule has 0 radical (unpaired) electrons. The maximum atomic E-state index is 11.6. The number of carbonyl (C=O) groups is 1. The van der Waals surface area contributed by atoms with Gasteiger partial charge in [0.25, 0.3) is 0 Å². The summed E-state index contributed by atoms with van der Waals surface area (Å²) in [6.45, 7) is 6.61. The minimum absolute atomic E-state index is 0.143. The highest BCUT2D eigenvalue weighted by Crippen LogP contribution is 2.13. The summed E-state index contributed by atoms with van der Waals surface area (Å²) in [6.07, 6.45) is 2.02. The summed E-state index contributed by atoms with van der Waals surface area (Å²) in [7, 11) is 1.77. The van der Waals surface area contributed by atoms with Crippen molar-refractivity contribution < 1.29 is 9.53 Å². The van der Waals surface area contributed by atoms with Crippen LogP contribution in [0.4, 0.5) is 4.79 Å².